The summed E-state index contributed by atoms with van der Waals surface area (Å²) in [5, 5.41) is 3.13. The lowest BCUT2D eigenvalue weighted by Crippen LogP contribution is -2.41. The van der Waals surface area contributed by atoms with E-state index in [-0.39, 0.29) is 11.9 Å². The molecule has 1 N–H and O–H groups in total. The van der Waals surface area contributed by atoms with Gasteiger partial charge in [0, 0.05) is 19.7 Å². The highest BCUT2D eigenvalue weighted by Crippen LogP contribution is 2.30. The van der Waals surface area contributed by atoms with Crippen LogP contribution in [0, 0.1) is 5.92 Å². The van der Waals surface area contributed by atoms with E-state index < -0.39 is 0 Å². The van der Waals surface area contributed by atoms with Gasteiger partial charge in [-0.05, 0) is 55.5 Å². The summed E-state index contributed by atoms with van der Waals surface area (Å²) in [7, 11) is 0. The molecule has 4 heteroatoms. The molecular weight excluding hydrogens is 322 g/mol. The number of nitrogens with zero attached hydrogens (tertiary/aromatic N) is 2. The molecule has 1 amide bonds. The smallest absolute Gasteiger partial charge is 0.217 e. The van der Waals surface area contributed by atoms with Gasteiger partial charge in [0.05, 0.1) is 11.7 Å². The first-order valence-corrected chi connectivity index (χ1v) is 9.59. The van der Waals surface area contributed by atoms with Crippen LogP contribution < -0.4 is 5.32 Å². The maximum atomic E-state index is 11.7. The second kappa shape index (κ2) is 8.95. The minimum Gasteiger partial charge on any atom is -0.348 e. The van der Waals surface area contributed by atoms with Crippen LogP contribution in [-0.4, -0.2) is 35.4 Å². The number of piperidine rings is 1. The largest absolute Gasteiger partial charge is 0.348 e. The van der Waals surface area contributed by atoms with Gasteiger partial charge in [-0.3, -0.25) is 9.78 Å². The maximum Gasteiger partial charge on any atom is 0.217 e. The summed E-state index contributed by atoms with van der Waals surface area (Å²) in [5.41, 5.74) is 2.37. The third kappa shape index (κ3) is 4.92. The Bertz CT molecular complexity index is 681. The average Bonchev–Trinajstić information content (AvgIpc) is 2.68. The van der Waals surface area contributed by atoms with E-state index in [2.05, 4.69) is 52.5 Å². The Morgan fingerprint density at radius 3 is 2.46 bits per heavy atom. The molecule has 2 aromatic rings. The molecule has 1 fully saturated rings. The summed E-state index contributed by atoms with van der Waals surface area (Å²) in [6, 6.07) is 16.7. The first-order valence-electron chi connectivity index (χ1n) is 9.59. The summed E-state index contributed by atoms with van der Waals surface area (Å²) >= 11 is 0. The fourth-order valence-corrected chi connectivity index (χ4v) is 3.96. The molecule has 26 heavy (non-hydrogen) atoms. The second-order valence-corrected chi connectivity index (χ2v) is 7.38. The number of benzene rings is 1. The van der Waals surface area contributed by atoms with Gasteiger partial charge in [-0.1, -0.05) is 43.3 Å². The predicted molar refractivity (Wildman–Crippen MR) is 105 cm³/mol. The summed E-state index contributed by atoms with van der Waals surface area (Å²) in [6.07, 6.45) is 3.98. The molecule has 1 saturated heterocycles. The number of rotatable bonds is 6. The Morgan fingerprint density at radius 2 is 1.85 bits per heavy atom. The summed E-state index contributed by atoms with van der Waals surface area (Å²) in [6.45, 7) is 7.13. The number of hydrogen-bond acceptors (Lipinski definition) is 3. The third-order valence-electron chi connectivity index (χ3n) is 5.37. The van der Waals surface area contributed by atoms with Crippen LogP contribution in [0.15, 0.2) is 54.7 Å². The number of likely N-dealkylation sites (tertiary alicyclic amines) is 1. The molecule has 4 nitrogen and oxygen atoms in total. The van der Waals surface area contributed by atoms with Crippen molar-refractivity contribution in [3.05, 3.63) is 66.0 Å². The highest BCUT2D eigenvalue weighted by Gasteiger charge is 2.29. The summed E-state index contributed by atoms with van der Waals surface area (Å²) in [4.78, 5) is 18.7. The van der Waals surface area contributed by atoms with E-state index in [0.717, 1.165) is 38.2 Å². The van der Waals surface area contributed by atoms with Gasteiger partial charge in [0.1, 0.15) is 0 Å². The topological polar surface area (TPSA) is 45.2 Å². The molecule has 1 aromatic heterocycles. The van der Waals surface area contributed by atoms with Gasteiger partial charge in [0.15, 0.2) is 0 Å². The van der Waals surface area contributed by atoms with Crippen molar-refractivity contribution in [1.29, 1.82) is 0 Å². The number of nitrogens with one attached hydrogen (secondary N) is 1. The van der Waals surface area contributed by atoms with Crippen LogP contribution in [0.2, 0.25) is 0 Å². The lowest BCUT2D eigenvalue weighted by Gasteiger charge is -2.37. The lowest BCUT2D eigenvalue weighted by atomic mass is 9.86. The van der Waals surface area contributed by atoms with E-state index in [1.807, 2.05) is 18.2 Å². The Balaban J connectivity index is 1.58. The van der Waals surface area contributed by atoms with Crippen LogP contribution in [0.3, 0.4) is 0 Å². The van der Waals surface area contributed by atoms with Crippen molar-refractivity contribution < 1.29 is 4.79 Å². The molecule has 138 valence electrons. The molecule has 0 radical (unpaired) electrons. The molecule has 0 spiro atoms. The third-order valence-corrected chi connectivity index (χ3v) is 5.37. The Labute approximate surface area is 156 Å². The number of pyridine rings is 1. The van der Waals surface area contributed by atoms with Crippen LogP contribution in [-0.2, 0) is 4.79 Å². The van der Waals surface area contributed by atoms with Crippen LogP contribution in [0.25, 0.3) is 0 Å². The Morgan fingerprint density at radius 1 is 1.15 bits per heavy atom. The van der Waals surface area contributed by atoms with Gasteiger partial charge in [-0.25, -0.2) is 0 Å². The lowest BCUT2D eigenvalue weighted by molar-refractivity contribution is -0.120. The second-order valence-electron chi connectivity index (χ2n) is 7.38. The first-order chi connectivity index (χ1) is 12.6. The van der Waals surface area contributed by atoms with Gasteiger partial charge in [0.2, 0.25) is 5.91 Å². The average molecular weight is 351 g/mol. The quantitative estimate of drug-likeness (QED) is 0.861. The van der Waals surface area contributed by atoms with Gasteiger partial charge in [0.25, 0.3) is 0 Å². The molecule has 0 aliphatic carbocycles. The Kier molecular flexibility index (Phi) is 6.40. The molecular formula is C22H29N3O. The van der Waals surface area contributed by atoms with Gasteiger partial charge in [-0.15, -0.1) is 0 Å². The predicted octanol–water partition coefficient (Wildman–Crippen LogP) is 3.77. The minimum atomic E-state index is 0.0146. The van der Waals surface area contributed by atoms with E-state index in [4.69, 9.17) is 0 Å². The van der Waals surface area contributed by atoms with Crippen molar-refractivity contribution in [3.8, 4) is 0 Å². The molecule has 0 saturated carbocycles. The molecule has 0 bridgehead atoms. The molecule has 3 rings (SSSR count). The monoisotopic (exact) mass is 351 g/mol. The van der Waals surface area contributed by atoms with E-state index >= 15 is 0 Å². The first kappa shape index (κ1) is 18.6. The normalized spacial score (nSPS) is 18.2. The van der Waals surface area contributed by atoms with E-state index in [9.17, 15) is 4.79 Å². The van der Waals surface area contributed by atoms with Gasteiger partial charge >= 0.3 is 0 Å². The molecule has 1 aliphatic heterocycles. The van der Waals surface area contributed by atoms with Crippen molar-refractivity contribution in [2.45, 2.75) is 38.6 Å². The zero-order valence-electron chi connectivity index (χ0n) is 15.8. The van der Waals surface area contributed by atoms with Crippen molar-refractivity contribution in [2.24, 2.45) is 5.92 Å². The van der Waals surface area contributed by atoms with E-state index in [1.54, 1.807) is 13.1 Å². The summed E-state index contributed by atoms with van der Waals surface area (Å²) in [5.74, 6) is 0.993. The number of carbonyl (C=O) groups is 1. The molecule has 2 atom stereocenters. The minimum absolute atomic E-state index is 0.0146. The van der Waals surface area contributed by atoms with Crippen LogP contribution in [0.4, 0.5) is 0 Å². The zero-order chi connectivity index (χ0) is 18.4. The fraction of sp³-hybridized carbons (Fsp3) is 0.455. The van der Waals surface area contributed by atoms with Gasteiger partial charge < -0.3 is 10.2 Å². The SMILES string of the molecule is CC(=O)N[C@@H](c1ccccn1)C1CCN(C[C@H](C)c2ccccc2)CC1. The number of amides is 1. The van der Waals surface area contributed by atoms with Gasteiger partial charge in [-0.2, -0.15) is 0 Å². The molecule has 2 heterocycles. The number of carbonyl (C=O) groups excluding carboxylic acids is 1. The molecule has 0 unspecified atom stereocenters. The fourth-order valence-electron chi connectivity index (χ4n) is 3.96. The standard InChI is InChI=1S/C22H29N3O/c1-17(19-8-4-3-5-9-19)16-25-14-11-20(12-15-25)22(24-18(2)26)21-10-6-7-13-23-21/h3-10,13,17,20,22H,11-12,14-16H2,1-2H3,(H,24,26)/t17-,22+/m0/s1. The van der Waals surface area contributed by atoms with Crippen molar-refractivity contribution in [1.82, 2.24) is 15.2 Å². The number of aromatic nitrogens is 1. The zero-order valence-corrected chi connectivity index (χ0v) is 15.8. The van der Waals surface area contributed by atoms with Crippen molar-refractivity contribution >= 4 is 5.91 Å². The number of hydrogen-bond donors (Lipinski definition) is 1. The van der Waals surface area contributed by atoms with Crippen LogP contribution >= 0.6 is 0 Å². The van der Waals surface area contributed by atoms with E-state index in [0.29, 0.717) is 11.8 Å². The van der Waals surface area contributed by atoms with Crippen molar-refractivity contribution in [2.75, 3.05) is 19.6 Å². The van der Waals surface area contributed by atoms with Crippen LogP contribution in [0.1, 0.15) is 49.9 Å². The maximum absolute atomic E-state index is 11.7. The molecule has 1 aromatic carbocycles. The van der Waals surface area contributed by atoms with Crippen molar-refractivity contribution in [3.63, 3.8) is 0 Å². The van der Waals surface area contributed by atoms with E-state index in [1.165, 1.54) is 5.56 Å². The van der Waals surface area contributed by atoms with Crippen LogP contribution in [0.5, 0.6) is 0 Å². The highest BCUT2D eigenvalue weighted by atomic mass is 16.1. The summed E-state index contributed by atoms with van der Waals surface area (Å²) < 4.78 is 0. The highest BCUT2D eigenvalue weighted by molar-refractivity contribution is 5.73. The molecule has 1 aliphatic rings. The Hall–Kier alpha value is -2.20.